The average molecular weight is 296 g/mol. The minimum Gasteiger partial charge on any atom is -0.216 e. The van der Waals surface area contributed by atoms with E-state index in [1.165, 1.54) is 0 Å². The van der Waals surface area contributed by atoms with E-state index in [1.54, 1.807) is 6.92 Å². The van der Waals surface area contributed by atoms with Crippen LogP contribution in [0.4, 0.5) is 8.78 Å². The molecule has 7 heteroatoms. The Morgan fingerprint density at radius 3 is 2.16 bits per heavy atom. The minimum absolute atomic E-state index is 0.0855. The van der Waals surface area contributed by atoms with Gasteiger partial charge >= 0.3 is 0 Å². The molecule has 2 aliphatic rings. The number of halogens is 2. The Balaban J connectivity index is 2.24. The molecule has 0 bridgehead atoms. The van der Waals surface area contributed by atoms with Crippen molar-refractivity contribution in [1.82, 2.24) is 4.31 Å². The van der Waals surface area contributed by atoms with Crippen molar-refractivity contribution in [2.24, 2.45) is 21.9 Å². The van der Waals surface area contributed by atoms with Gasteiger partial charge in [-0.2, -0.15) is 12.7 Å². The van der Waals surface area contributed by atoms with Crippen molar-refractivity contribution >= 4 is 10.2 Å². The molecule has 0 aromatic rings. The van der Waals surface area contributed by atoms with Crippen molar-refractivity contribution in [3.05, 3.63) is 0 Å². The van der Waals surface area contributed by atoms with Gasteiger partial charge in [-0.15, -0.1) is 0 Å². The van der Waals surface area contributed by atoms with E-state index in [-0.39, 0.29) is 19.4 Å². The van der Waals surface area contributed by atoms with Crippen molar-refractivity contribution in [2.45, 2.75) is 52.5 Å². The van der Waals surface area contributed by atoms with Gasteiger partial charge in [-0.25, -0.2) is 13.9 Å². The molecule has 1 saturated heterocycles. The number of hydrogen-bond donors (Lipinski definition) is 1. The Morgan fingerprint density at radius 2 is 1.84 bits per heavy atom. The minimum atomic E-state index is -3.80. The first-order valence-electron chi connectivity index (χ1n) is 6.51. The van der Waals surface area contributed by atoms with Gasteiger partial charge in [0.1, 0.15) is 0 Å². The second-order valence-electron chi connectivity index (χ2n) is 7.04. The number of nitrogens with zero attached hydrogens (tertiary/aromatic N) is 1. The molecular formula is C12H22F2N2O2S. The Labute approximate surface area is 113 Å². The summed E-state index contributed by atoms with van der Waals surface area (Å²) in [5, 5.41) is 5.11. The zero-order valence-corrected chi connectivity index (χ0v) is 12.6. The van der Waals surface area contributed by atoms with Crippen LogP contribution in [0.5, 0.6) is 0 Å². The van der Waals surface area contributed by atoms with Crippen molar-refractivity contribution in [2.75, 3.05) is 6.54 Å². The van der Waals surface area contributed by atoms with Gasteiger partial charge in [0.05, 0.1) is 0 Å². The molecule has 1 saturated carbocycles. The lowest BCUT2D eigenvalue weighted by Crippen LogP contribution is -2.49. The van der Waals surface area contributed by atoms with Crippen LogP contribution in [0.2, 0.25) is 0 Å². The summed E-state index contributed by atoms with van der Waals surface area (Å²) in [5.41, 5.74) is -1.53. The molecule has 0 amide bonds. The van der Waals surface area contributed by atoms with Crippen molar-refractivity contribution in [3.63, 3.8) is 0 Å². The van der Waals surface area contributed by atoms with Crippen LogP contribution < -0.4 is 5.14 Å². The first-order valence-corrected chi connectivity index (χ1v) is 8.02. The predicted molar refractivity (Wildman–Crippen MR) is 68.8 cm³/mol. The summed E-state index contributed by atoms with van der Waals surface area (Å²) in [6, 6.07) is -0.470. The standard InChI is InChI=1S/C12H22F2N2O2S/c1-8-7-11(5-6-16(8)19(15,17)18)9(10(2,3)4)12(11,13)14/h8-9H,5-7H2,1-4H3,(H2,15,17,18). The molecule has 1 spiro atoms. The average Bonchev–Trinajstić information content (AvgIpc) is 2.57. The largest absolute Gasteiger partial charge is 0.277 e. The lowest BCUT2D eigenvalue weighted by atomic mass is 9.79. The maximum absolute atomic E-state index is 14.2. The summed E-state index contributed by atoms with van der Waals surface area (Å²) in [6.07, 6.45) is 0.362. The smallest absolute Gasteiger partial charge is 0.216 e. The molecule has 0 aromatic heterocycles. The van der Waals surface area contributed by atoms with Crippen LogP contribution in [-0.2, 0) is 10.2 Å². The number of alkyl halides is 2. The van der Waals surface area contributed by atoms with Crippen molar-refractivity contribution in [3.8, 4) is 0 Å². The van der Waals surface area contributed by atoms with E-state index >= 15 is 0 Å². The Kier molecular flexibility index (Phi) is 3.09. The zero-order chi connectivity index (χ0) is 14.9. The number of nitrogens with two attached hydrogens (primary N) is 1. The normalized spacial score (nSPS) is 39.5. The van der Waals surface area contributed by atoms with Crippen LogP contribution in [-0.4, -0.2) is 31.2 Å². The highest BCUT2D eigenvalue weighted by molar-refractivity contribution is 7.86. The number of hydrogen-bond acceptors (Lipinski definition) is 2. The van der Waals surface area contributed by atoms with E-state index in [1.807, 2.05) is 20.8 Å². The van der Waals surface area contributed by atoms with Gasteiger partial charge in [-0.3, -0.25) is 0 Å². The van der Waals surface area contributed by atoms with Gasteiger partial charge in [0, 0.05) is 23.9 Å². The van der Waals surface area contributed by atoms with E-state index in [9.17, 15) is 17.2 Å². The first kappa shape index (κ1) is 15.1. The van der Waals surface area contributed by atoms with Gasteiger partial charge < -0.3 is 0 Å². The SMILES string of the molecule is CC1CC2(CCN1S(N)(=O)=O)C(C(C)(C)C)C2(F)F. The van der Waals surface area contributed by atoms with E-state index in [0.29, 0.717) is 0 Å². The van der Waals surface area contributed by atoms with E-state index < -0.39 is 38.9 Å². The molecule has 0 aromatic carbocycles. The second-order valence-corrected chi connectivity index (χ2v) is 8.54. The van der Waals surface area contributed by atoms with Gasteiger partial charge in [-0.1, -0.05) is 20.8 Å². The lowest BCUT2D eigenvalue weighted by molar-refractivity contribution is 0.0257. The molecule has 3 unspecified atom stereocenters. The fraction of sp³-hybridized carbons (Fsp3) is 1.00. The molecule has 3 atom stereocenters. The molecule has 2 rings (SSSR count). The summed E-state index contributed by atoms with van der Waals surface area (Å²) in [7, 11) is -3.80. The third-order valence-corrected chi connectivity index (χ3v) is 5.81. The first-order chi connectivity index (χ1) is 8.34. The monoisotopic (exact) mass is 296 g/mol. The summed E-state index contributed by atoms with van der Waals surface area (Å²) < 4.78 is 52.4. The molecule has 2 fully saturated rings. The molecule has 1 heterocycles. The zero-order valence-electron chi connectivity index (χ0n) is 11.8. The number of piperidine rings is 1. The molecule has 112 valence electrons. The molecular weight excluding hydrogens is 274 g/mol. The Morgan fingerprint density at radius 1 is 1.32 bits per heavy atom. The molecule has 19 heavy (non-hydrogen) atoms. The highest BCUT2D eigenvalue weighted by Crippen LogP contribution is 2.76. The third kappa shape index (κ3) is 2.10. The summed E-state index contributed by atoms with van der Waals surface area (Å²) in [5.74, 6) is -3.39. The Hall–Kier alpha value is -0.270. The summed E-state index contributed by atoms with van der Waals surface area (Å²) in [4.78, 5) is 0. The van der Waals surface area contributed by atoms with Gasteiger partial charge in [0.15, 0.2) is 0 Å². The Bertz CT molecular complexity index is 486. The van der Waals surface area contributed by atoms with Crippen LogP contribution in [0.15, 0.2) is 0 Å². The molecule has 2 N–H and O–H groups in total. The van der Waals surface area contributed by atoms with E-state index in [0.717, 1.165) is 4.31 Å². The highest BCUT2D eigenvalue weighted by Gasteiger charge is 2.83. The third-order valence-electron chi connectivity index (χ3n) is 4.62. The van der Waals surface area contributed by atoms with Gasteiger partial charge in [-0.05, 0) is 25.2 Å². The van der Waals surface area contributed by atoms with Crippen LogP contribution in [0.25, 0.3) is 0 Å². The lowest BCUT2D eigenvalue weighted by Gasteiger charge is -2.37. The molecule has 4 nitrogen and oxygen atoms in total. The van der Waals surface area contributed by atoms with Gasteiger partial charge in [0.25, 0.3) is 16.1 Å². The van der Waals surface area contributed by atoms with Crippen molar-refractivity contribution < 1.29 is 17.2 Å². The summed E-state index contributed by atoms with van der Waals surface area (Å²) >= 11 is 0. The predicted octanol–water partition coefficient (Wildman–Crippen LogP) is 1.97. The van der Waals surface area contributed by atoms with E-state index in [4.69, 9.17) is 5.14 Å². The number of rotatable bonds is 1. The highest BCUT2D eigenvalue weighted by atomic mass is 32.2. The fourth-order valence-electron chi connectivity index (χ4n) is 4.09. The topological polar surface area (TPSA) is 63.4 Å². The molecule has 1 aliphatic heterocycles. The molecule has 1 aliphatic carbocycles. The van der Waals surface area contributed by atoms with Crippen molar-refractivity contribution in [1.29, 1.82) is 0 Å². The van der Waals surface area contributed by atoms with E-state index in [2.05, 4.69) is 0 Å². The van der Waals surface area contributed by atoms with Crippen LogP contribution >= 0.6 is 0 Å². The summed E-state index contributed by atoms with van der Waals surface area (Å²) in [6.45, 7) is 7.19. The molecule has 0 radical (unpaired) electrons. The fourth-order valence-corrected chi connectivity index (χ4v) is 5.01. The maximum atomic E-state index is 14.2. The van der Waals surface area contributed by atoms with Crippen LogP contribution in [0.1, 0.15) is 40.5 Å². The quantitative estimate of drug-likeness (QED) is 0.804. The van der Waals surface area contributed by atoms with Crippen LogP contribution in [0, 0.1) is 16.7 Å². The maximum Gasteiger partial charge on any atom is 0.277 e. The second kappa shape index (κ2) is 3.89. The van der Waals surface area contributed by atoms with Gasteiger partial charge in [0.2, 0.25) is 0 Å². The van der Waals surface area contributed by atoms with Crippen LogP contribution in [0.3, 0.4) is 0 Å².